The van der Waals surface area contributed by atoms with Crippen molar-refractivity contribution in [3.63, 3.8) is 0 Å². The Morgan fingerprint density at radius 3 is 2.24 bits per heavy atom. The Hall–Kier alpha value is -1.64. The first kappa shape index (κ1) is 14.3. The number of hydrazone groups is 1. The molecule has 0 bridgehead atoms. The highest BCUT2D eigenvalue weighted by Gasteiger charge is 2.37. The Labute approximate surface area is 127 Å². The zero-order chi connectivity index (χ0) is 15.4. The number of anilines is 1. The van der Waals surface area contributed by atoms with Crippen LogP contribution in [-0.2, 0) is 15.6 Å². The third kappa shape index (κ3) is 2.29. The summed E-state index contributed by atoms with van der Waals surface area (Å²) in [5, 5.41) is 5.94. The van der Waals surface area contributed by atoms with Crippen LogP contribution in [0.5, 0.6) is 0 Å². The van der Waals surface area contributed by atoms with Crippen LogP contribution in [0.25, 0.3) is 0 Å². The first-order valence-corrected chi connectivity index (χ1v) is 7.73. The van der Waals surface area contributed by atoms with Crippen LogP contribution in [-0.4, -0.2) is 11.6 Å². The molecule has 0 saturated carbocycles. The Kier molecular flexibility index (Phi) is 3.01. The number of rotatable bonds is 1. The number of carbonyl (C=O) groups is 1. The van der Waals surface area contributed by atoms with Gasteiger partial charge in [0.25, 0.3) is 5.91 Å². The van der Waals surface area contributed by atoms with Gasteiger partial charge in [0, 0.05) is 5.71 Å². The molecule has 21 heavy (non-hydrogen) atoms. The van der Waals surface area contributed by atoms with E-state index in [0.29, 0.717) is 6.42 Å². The summed E-state index contributed by atoms with van der Waals surface area (Å²) in [7, 11) is 0. The van der Waals surface area contributed by atoms with E-state index in [0.717, 1.165) is 11.4 Å². The second-order valence-corrected chi connectivity index (χ2v) is 7.72. The van der Waals surface area contributed by atoms with Gasteiger partial charge in [0.2, 0.25) is 0 Å². The van der Waals surface area contributed by atoms with Gasteiger partial charge in [0.05, 0.1) is 12.1 Å². The molecule has 0 radical (unpaired) electrons. The summed E-state index contributed by atoms with van der Waals surface area (Å²) < 4.78 is 0. The van der Waals surface area contributed by atoms with Gasteiger partial charge < -0.3 is 0 Å². The van der Waals surface area contributed by atoms with Crippen LogP contribution in [0.15, 0.2) is 23.3 Å². The van der Waals surface area contributed by atoms with E-state index in [1.165, 1.54) is 24.0 Å². The Bertz CT molecular complexity index is 641. The maximum Gasteiger partial charge on any atom is 0.253 e. The van der Waals surface area contributed by atoms with Gasteiger partial charge in [0.15, 0.2) is 0 Å². The van der Waals surface area contributed by atoms with Crippen molar-refractivity contribution < 1.29 is 4.79 Å². The lowest BCUT2D eigenvalue weighted by Crippen LogP contribution is -2.34. The minimum Gasteiger partial charge on any atom is -0.272 e. The molecule has 0 fully saturated rings. The van der Waals surface area contributed by atoms with Gasteiger partial charge in [-0.3, -0.25) is 4.79 Å². The number of hydrogen-bond acceptors (Lipinski definition) is 2. The number of nitrogens with zero attached hydrogens (tertiary/aromatic N) is 2. The van der Waals surface area contributed by atoms with Crippen molar-refractivity contribution in [1.82, 2.24) is 0 Å². The van der Waals surface area contributed by atoms with E-state index in [9.17, 15) is 4.79 Å². The van der Waals surface area contributed by atoms with Crippen molar-refractivity contribution in [3.8, 4) is 0 Å². The number of carbonyl (C=O) groups excluding carboxylic acids is 1. The molecule has 3 nitrogen and oxygen atoms in total. The molecule has 0 saturated heterocycles. The molecular weight excluding hydrogens is 260 g/mol. The summed E-state index contributed by atoms with van der Waals surface area (Å²) in [5.41, 5.74) is 4.93. The van der Waals surface area contributed by atoms with Gasteiger partial charge in [-0.1, -0.05) is 33.8 Å². The van der Waals surface area contributed by atoms with Gasteiger partial charge in [-0.2, -0.15) is 5.10 Å². The summed E-state index contributed by atoms with van der Waals surface area (Å²) in [5.74, 6) is 0.0697. The van der Waals surface area contributed by atoms with E-state index < -0.39 is 0 Å². The molecule has 1 amide bonds. The highest BCUT2D eigenvalue weighted by Crippen LogP contribution is 2.46. The van der Waals surface area contributed by atoms with Crippen molar-refractivity contribution in [2.45, 2.75) is 64.7 Å². The maximum atomic E-state index is 12.1. The second kappa shape index (κ2) is 4.43. The molecule has 0 aromatic heterocycles. The van der Waals surface area contributed by atoms with E-state index in [4.69, 9.17) is 0 Å². The van der Waals surface area contributed by atoms with Crippen LogP contribution in [0.2, 0.25) is 0 Å². The van der Waals surface area contributed by atoms with Gasteiger partial charge in [0.1, 0.15) is 0 Å². The minimum atomic E-state index is 0.0697. The fourth-order valence-electron chi connectivity index (χ4n) is 3.47. The quantitative estimate of drug-likeness (QED) is 0.762. The third-order valence-corrected chi connectivity index (χ3v) is 4.99. The third-order valence-electron chi connectivity index (χ3n) is 4.99. The average Bonchev–Trinajstić information content (AvgIpc) is 2.74. The summed E-state index contributed by atoms with van der Waals surface area (Å²) in [4.78, 5) is 12.1. The van der Waals surface area contributed by atoms with E-state index >= 15 is 0 Å². The summed E-state index contributed by atoms with van der Waals surface area (Å²) >= 11 is 0. The first-order valence-electron chi connectivity index (χ1n) is 7.73. The Balaban J connectivity index is 2.10. The topological polar surface area (TPSA) is 32.7 Å². The van der Waals surface area contributed by atoms with Gasteiger partial charge in [-0.05, 0) is 53.9 Å². The van der Waals surface area contributed by atoms with Crippen LogP contribution < -0.4 is 5.01 Å². The van der Waals surface area contributed by atoms with Gasteiger partial charge in [-0.15, -0.1) is 0 Å². The largest absolute Gasteiger partial charge is 0.272 e. The lowest BCUT2D eigenvalue weighted by Gasteiger charge is -2.42. The number of fused-ring (bicyclic) bond motifs is 1. The fraction of sp³-hybridized carbons (Fsp3) is 0.556. The lowest BCUT2D eigenvalue weighted by molar-refractivity contribution is -0.116. The molecule has 3 heteroatoms. The minimum absolute atomic E-state index is 0.0697. The molecule has 0 unspecified atom stereocenters. The van der Waals surface area contributed by atoms with Crippen molar-refractivity contribution in [2.75, 3.05) is 5.01 Å². The molecule has 0 spiro atoms. The van der Waals surface area contributed by atoms with Crippen LogP contribution >= 0.6 is 0 Å². The highest BCUT2D eigenvalue weighted by molar-refractivity contribution is 6.12. The molecule has 112 valence electrons. The van der Waals surface area contributed by atoms with E-state index in [1.807, 2.05) is 13.0 Å². The van der Waals surface area contributed by atoms with Crippen molar-refractivity contribution >= 4 is 17.3 Å². The maximum absolute atomic E-state index is 12.1. The van der Waals surface area contributed by atoms with Gasteiger partial charge >= 0.3 is 0 Å². The SMILES string of the molecule is CC1=NN(c2ccc3c(c2)C(C)(C)CCC3(C)C)C(=O)C1. The molecule has 1 aromatic rings. The van der Waals surface area contributed by atoms with Crippen LogP contribution in [0, 0.1) is 0 Å². The highest BCUT2D eigenvalue weighted by atomic mass is 16.2. The molecule has 3 rings (SSSR count). The Morgan fingerprint density at radius 2 is 1.67 bits per heavy atom. The van der Waals surface area contributed by atoms with E-state index in [2.05, 4.69) is 44.9 Å². The average molecular weight is 284 g/mol. The van der Waals surface area contributed by atoms with Crippen LogP contribution in [0.4, 0.5) is 5.69 Å². The number of benzene rings is 1. The smallest absolute Gasteiger partial charge is 0.253 e. The molecule has 2 aliphatic rings. The van der Waals surface area contributed by atoms with Gasteiger partial charge in [-0.25, -0.2) is 5.01 Å². The number of hydrogen-bond donors (Lipinski definition) is 0. The summed E-state index contributed by atoms with van der Waals surface area (Å²) in [6.07, 6.45) is 2.81. The second-order valence-electron chi connectivity index (χ2n) is 7.72. The predicted octanol–water partition coefficient (Wildman–Crippen LogP) is 4.15. The van der Waals surface area contributed by atoms with Crippen LogP contribution in [0.1, 0.15) is 65.0 Å². The van der Waals surface area contributed by atoms with E-state index in [1.54, 1.807) is 5.01 Å². The monoisotopic (exact) mass is 284 g/mol. The molecule has 1 aliphatic heterocycles. The number of amides is 1. The normalized spacial score (nSPS) is 23.0. The molecular formula is C18H24N2O. The molecule has 0 atom stereocenters. The van der Waals surface area contributed by atoms with Crippen molar-refractivity contribution in [3.05, 3.63) is 29.3 Å². The summed E-state index contributed by atoms with van der Waals surface area (Å²) in [6.45, 7) is 11.1. The molecule has 1 heterocycles. The van der Waals surface area contributed by atoms with Crippen molar-refractivity contribution in [1.29, 1.82) is 0 Å². The zero-order valence-corrected chi connectivity index (χ0v) is 13.7. The zero-order valence-electron chi connectivity index (χ0n) is 13.7. The molecule has 0 N–H and O–H groups in total. The molecule has 1 aromatic carbocycles. The fourth-order valence-corrected chi connectivity index (χ4v) is 3.47. The summed E-state index contributed by atoms with van der Waals surface area (Å²) in [6, 6.07) is 6.42. The first-order chi connectivity index (χ1) is 9.71. The Morgan fingerprint density at radius 1 is 1.05 bits per heavy atom. The van der Waals surface area contributed by atoms with Crippen LogP contribution in [0.3, 0.4) is 0 Å². The van der Waals surface area contributed by atoms with Crippen molar-refractivity contribution in [2.24, 2.45) is 5.10 Å². The van der Waals surface area contributed by atoms with E-state index in [-0.39, 0.29) is 16.7 Å². The standard InChI is InChI=1S/C18H24N2O/c1-12-10-16(21)20(19-12)13-6-7-14-15(11-13)18(4,5)9-8-17(14,2)3/h6-7,11H,8-10H2,1-5H3. The predicted molar refractivity (Wildman–Crippen MR) is 86.9 cm³/mol. The lowest BCUT2D eigenvalue weighted by atomic mass is 9.63. The molecule has 1 aliphatic carbocycles.